The molecule has 1 aromatic carbocycles. The minimum absolute atomic E-state index is 0.134. The van der Waals surface area contributed by atoms with Gasteiger partial charge in [-0.1, -0.05) is 18.2 Å². The van der Waals surface area contributed by atoms with Crippen LogP contribution in [0.1, 0.15) is 23.6 Å². The number of aryl methyl sites for hydroxylation is 1. The Hall–Kier alpha value is -2.49. The number of amides is 1. The number of pyridine rings is 1. The van der Waals surface area contributed by atoms with Crippen LogP contribution in [0.3, 0.4) is 0 Å². The van der Waals surface area contributed by atoms with Gasteiger partial charge in [0.25, 0.3) is 0 Å². The number of fused-ring (bicyclic) bond motifs is 1. The number of ketones is 1. The minimum Gasteiger partial charge on any atom is -0.311 e. The molecule has 1 amide bonds. The highest BCUT2D eigenvalue weighted by Gasteiger charge is 2.19. The van der Waals surface area contributed by atoms with Crippen LogP contribution in [0.2, 0.25) is 0 Å². The highest BCUT2D eigenvalue weighted by Crippen LogP contribution is 2.29. The fourth-order valence-corrected chi connectivity index (χ4v) is 2.72. The van der Waals surface area contributed by atoms with Crippen molar-refractivity contribution in [2.75, 3.05) is 5.32 Å². The van der Waals surface area contributed by atoms with Gasteiger partial charge in [-0.2, -0.15) is 0 Å². The van der Waals surface area contributed by atoms with Crippen molar-refractivity contribution in [2.45, 2.75) is 26.7 Å². The van der Waals surface area contributed by atoms with Gasteiger partial charge in [0.05, 0.1) is 0 Å². The predicted octanol–water partition coefficient (Wildman–Crippen LogP) is 2.68. The van der Waals surface area contributed by atoms with Crippen LogP contribution in [0.4, 0.5) is 5.82 Å². The Morgan fingerprint density at radius 3 is 2.67 bits per heavy atom. The van der Waals surface area contributed by atoms with Crippen LogP contribution in [0.15, 0.2) is 30.5 Å². The smallest absolute Gasteiger partial charge is 0.222 e. The van der Waals surface area contributed by atoms with Crippen molar-refractivity contribution in [3.05, 3.63) is 47.2 Å². The molecule has 4 nitrogen and oxygen atoms in total. The topological polar surface area (TPSA) is 59.1 Å². The molecule has 0 saturated carbocycles. The summed E-state index contributed by atoms with van der Waals surface area (Å²) in [6.07, 6.45) is 2.84. The van der Waals surface area contributed by atoms with E-state index >= 15 is 0 Å². The van der Waals surface area contributed by atoms with E-state index in [-0.39, 0.29) is 11.7 Å². The number of benzene rings is 1. The number of hydrogen-bond acceptors (Lipinski definition) is 3. The molecule has 0 aliphatic heterocycles. The third-order valence-electron chi connectivity index (χ3n) is 3.71. The molecule has 1 heterocycles. The summed E-state index contributed by atoms with van der Waals surface area (Å²) in [6.45, 7) is 3.45. The number of Topliss-reactive ketones (excluding diaryl/α,β-unsaturated/α-hetero) is 1. The maximum absolute atomic E-state index is 11.5. The van der Waals surface area contributed by atoms with Crippen molar-refractivity contribution in [1.29, 1.82) is 0 Å². The zero-order valence-corrected chi connectivity index (χ0v) is 12.1. The molecule has 0 spiro atoms. The summed E-state index contributed by atoms with van der Waals surface area (Å²) >= 11 is 0. The van der Waals surface area contributed by atoms with Gasteiger partial charge in [-0.3, -0.25) is 9.59 Å². The molecule has 0 unspecified atom stereocenters. The normalized spacial score (nSPS) is 13.1. The van der Waals surface area contributed by atoms with Crippen LogP contribution >= 0.6 is 0 Å². The first-order valence-electron chi connectivity index (χ1n) is 6.91. The lowest BCUT2D eigenvalue weighted by Crippen LogP contribution is -2.07. The first kappa shape index (κ1) is 13.5. The summed E-state index contributed by atoms with van der Waals surface area (Å²) in [5.74, 6) is 0.698. The van der Waals surface area contributed by atoms with Crippen molar-refractivity contribution in [3.63, 3.8) is 0 Å². The van der Waals surface area contributed by atoms with Gasteiger partial charge in [-0.15, -0.1) is 0 Å². The van der Waals surface area contributed by atoms with Crippen molar-refractivity contribution in [1.82, 2.24) is 4.98 Å². The van der Waals surface area contributed by atoms with Crippen molar-refractivity contribution < 1.29 is 9.59 Å². The van der Waals surface area contributed by atoms with E-state index in [1.54, 1.807) is 6.20 Å². The molecule has 1 aliphatic carbocycles. The molecular weight excluding hydrogens is 264 g/mol. The lowest BCUT2D eigenvalue weighted by Gasteiger charge is -2.09. The van der Waals surface area contributed by atoms with Gasteiger partial charge in [0.15, 0.2) is 0 Å². The van der Waals surface area contributed by atoms with Crippen LogP contribution in [-0.4, -0.2) is 16.7 Å². The molecule has 1 N–H and O–H groups in total. The molecule has 1 aromatic heterocycles. The molecule has 3 rings (SSSR count). The van der Waals surface area contributed by atoms with Crippen LogP contribution in [0.5, 0.6) is 0 Å². The summed E-state index contributed by atoms with van der Waals surface area (Å²) in [5, 5.41) is 2.68. The number of carbonyl (C=O) groups excluding carboxylic acids is 2. The summed E-state index contributed by atoms with van der Waals surface area (Å²) in [7, 11) is 0. The number of nitrogens with one attached hydrogen (secondary N) is 1. The molecular formula is C17H16N2O2. The number of aromatic nitrogens is 1. The van der Waals surface area contributed by atoms with Gasteiger partial charge >= 0.3 is 0 Å². The van der Waals surface area contributed by atoms with E-state index in [9.17, 15) is 9.59 Å². The van der Waals surface area contributed by atoms with Crippen molar-refractivity contribution in [3.8, 4) is 11.1 Å². The molecule has 4 heteroatoms. The second kappa shape index (κ2) is 5.13. The number of carbonyl (C=O) groups is 2. The lowest BCUT2D eigenvalue weighted by atomic mass is 9.99. The summed E-state index contributed by atoms with van der Waals surface area (Å²) < 4.78 is 0. The number of nitrogens with zero attached hydrogens (tertiary/aromatic N) is 1. The van der Waals surface area contributed by atoms with E-state index in [1.165, 1.54) is 6.92 Å². The third kappa shape index (κ3) is 2.70. The van der Waals surface area contributed by atoms with E-state index in [4.69, 9.17) is 0 Å². The van der Waals surface area contributed by atoms with Crippen LogP contribution in [0.25, 0.3) is 11.1 Å². The van der Waals surface area contributed by atoms with Gasteiger partial charge in [-0.25, -0.2) is 4.98 Å². The SMILES string of the molecule is CC(=O)Nc1cc(C)c(-c2ccc3c(c2)CC(=O)C3)cn1. The fourth-order valence-electron chi connectivity index (χ4n) is 2.72. The van der Waals surface area contributed by atoms with Gasteiger partial charge in [-0.05, 0) is 35.2 Å². The Bertz CT molecular complexity index is 750. The number of rotatable bonds is 2. The van der Waals surface area contributed by atoms with Crippen LogP contribution < -0.4 is 5.32 Å². The second-order valence-corrected chi connectivity index (χ2v) is 5.44. The molecule has 0 bridgehead atoms. The Morgan fingerprint density at radius 2 is 1.95 bits per heavy atom. The van der Waals surface area contributed by atoms with E-state index < -0.39 is 0 Å². The van der Waals surface area contributed by atoms with Gasteiger partial charge in [0.2, 0.25) is 5.91 Å². The van der Waals surface area contributed by atoms with Crippen molar-refractivity contribution >= 4 is 17.5 Å². The Balaban J connectivity index is 1.96. The molecule has 2 aromatic rings. The third-order valence-corrected chi connectivity index (χ3v) is 3.71. The highest BCUT2D eigenvalue weighted by molar-refractivity contribution is 5.89. The van der Waals surface area contributed by atoms with Crippen molar-refractivity contribution in [2.24, 2.45) is 0 Å². The molecule has 0 atom stereocenters. The second-order valence-electron chi connectivity index (χ2n) is 5.44. The minimum atomic E-state index is -0.134. The predicted molar refractivity (Wildman–Crippen MR) is 81.1 cm³/mol. The summed E-state index contributed by atoms with van der Waals surface area (Å²) in [6, 6.07) is 7.98. The lowest BCUT2D eigenvalue weighted by molar-refractivity contribution is -0.117. The monoisotopic (exact) mass is 280 g/mol. The zero-order chi connectivity index (χ0) is 15.0. The molecule has 0 fully saturated rings. The Labute approximate surface area is 123 Å². The largest absolute Gasteiger partial charge is 0.311 e. The average Bonchev–Trinajstić information content (AvgIpc) is 2.77. The van der Waals surface area contributed by atoms with E-state index in [0.29, 0.717) is 18.7 Å². The standard InChI is InChI=1S/C17H16N2O2/c1-10-5-17(19-11(2)20)18-9-16(10)13-4-3-12-7-15(21)8-14(12)6-13/h3-6,9H,7-8H2,1-2H3,(H,18,19,20). The molecule has 0 radical (unpaired) electrons. The van der Waals surface area contributed by atoms with Gasteiger partial charge < -0.3 is 5.32 Å². The summed E-state index contributed by atoms with van der Waals surface area (Å²) in [5.41, 5.74) is 5.36. The average molecular weight is 280 g/mol. The highest BCUT2D eigenvalue weighted by atomic mass is 16.1. The number of hydrogen-bond donors (Lipinski definition) is 1. The zero-order valence-electron chi connectivity index (χ0n) is 12.1. The maximum atomic E-state index is 11.5. The van der Waals surface area contributed by atoms with Crippen LogP contribution in [0, 0.1) is 6.92 Å². The van der Waals surface area contributed by atoms with Crippen LogP contribution in [-0.2, 0) is 22.4 Å². The molecule has 0 saturated heterocycles. The quantitative estimate of drug-likeness (QED) is 0.920. The van der Waals surface area contributed by atoms with E-state index in [1.807, 2.05) is 25.1 Å². The molecule has 1 aliphatic rings. The Morgan fingerprint density at radius 1 is 1.19 bits per heavy atom. The van der Waals surface area contributed by atoms with Gasteiger partial charge in [0, 0.05) is 31.5 Å². The summed E-state index contributed by atoms with van der Waals surface area (Å²) in [4.78, 5) is 26.8. The Kier molecular flexibility index (Phi) is 3.29. The fraction of sp³-hybridized carbons (Fsp3) is 0.235. The first-order chi connectivity index (χ1) is 10.0. The number of anilines is 1. The van der Waals surface area contributed by atoms with Gasteiger partial charge in [0.1, 0.15) is 11.6 Å². The molecule has 21 heavy (non-hydrogen) atoms. The first-order valence-corrected chi connectivity index (χ1v) is 6.91. The van der Waals surface area contributed by atoms with E-state index in [2.05, 4.69) is 16.4 Å². The van der Waals surface area contributed by atoms with E-state index in [0.717, 1.165) is 27.8 Å². The maximum Gasteiger partial charge on any atom is 0.222 e. The molecule has 106 valence electrons.